The molecule has 1 fully saturated rings. The predicted molar refractivity (Wildman–Crippen MR) is 75.3 cm³/mol. The van der Waals surface area contributed by atoms with Crippen molar-refractivity contribution in [1.29, 1.82) is 0 Å². The average Bonchev–Trinajstić information content (AvgIpc) is 3.15. The molecule has 0 aromatic carbocycles. The second kappa shape index (κ2) is 6.84. The number of hydrogen-bond donors (Lipinski definition) is 2. The van der Waals surface area contributed by atoms with Crippen LogP contribution in [0.1, 0.15) is 20.8 Å². The van der Waals surface area contributed by atoms with Gasteiger partial charge in [-0.3, -0.25) is 9.59 Å². The Morgan fingerprint density at radius 2 is 1.43 bits per heavy atom. The van der Waals surface area contributed by atoms with E-state index in [-0.39, 0.29) is 0 Å². The number of alkyl carbamates (subject to hydrolysis) is 1. The molecule has 1 saturated carbocycles. The third-order valence-electron chi connectivity index (χ3n) is 3.35. The Balaban J connectivity index is 2.92. The molecule has 1 amide bonds. The number of carbonyl (C=O) groups excluding carboxylic acids is 3. The van der Waals surface area contributed by atoms with Crippen LogP contribution in [0, 0.1) is 17.8 Å². The lowest BCUT2D eigenvalue weighted by atomic mass is 10.1. The van der Waals surface area contributed by atoms with Crippen LogP contribution < -0.4 is 5.32 Å². The van der Waals surface area contributed by atoms with Gasteiger partial charge in [0.2, 0.25) is 0 Å². The molecular formula is C14H21NO8. The fraction of sp³-hybridized carbons (Fsp3) is 0.714. The van der Waals surface area contributed by atoms with Gasteiger partial charge < -0.3 is 24.6 Å². The van der Waals surface area contributed by atoms with E-state index in [1.54, 1.807) is 20.8 Å². The number of carboxylic acids is 1. The quantitative estimate of drug-likeness (QED) is 0.539. The molecule has 0 aromatic rings. The molecule has 0 bridgehead atoms. The Hall–Kier alpha value is -2.32. The molecule has 2 N–H and O–H groups in total. The van der Waals surface area contributed by atoms with Gasteiger partial charge in [0, 0.05) is 5.92 Å². The Kier molecular flexibility index (Phi) is 5.57. The summed E-state index contributed by atoms with van der Waals surface area (Å²) < 4.78 is 14.1. The molecule has 0 saturated heterocycles. The summed E-state index contributed by atoms with van der Waals surface area (Å²) in [6.45, 7) is 4.86. The number of rotatable bonds is 5. The van der Waals surface area contributed by atoms with Gasteiger partial charge in [0.05, 0.1) is 26.1 Å². The number of nitrogens with one attached hydrogen (secondary N) is 1. The number of amides is 1. The van der Waals surface area contributed by atoms with Crippen molar-refractivity contribution in [3.8, 4) is 0 Å². The third-order valence-corrected chi connectivity index (χ3v) is 3.35. The van der Waals surface area contributed by atoms with E-state index in [2.05, 4.69) is 14.8 Å². The van der Waals surface area contributed by atoms with Crippen LogP contribution in [0.15, 0.2) is 0 Å². The van der Waals surface area contributed by atoms with Gasteiger partial charge in [-0.1, -0.05) is 0 Å². The molecule has 23 heavy (non-hydrogen) atoms. The first-order valence-corrected chi connectivity index (χ1v) is 6.91. The van der Waals surface area contributed by atoms with Crippen LogP contribution in [0.3, 0.4) is 0 Å². The number of ether oxygens (including phenoxy) is 3. The van der Waals surface area contributed by atoms with Crippen LogP contribution in [-0.4, -0.2) is 55.0 Å². The maximum absolute atomic E-state index is 11.8. The summed E-state index contributed by atoms with van der Waals surface area (Å²) in [5.41, 5.74) is -0.819. The minimum Gasteiger partial charge on any atom is -0.480 e. The molecule has 1 rings (SSSR count). The van der Waals surface area contributed by atoms with Crippen LogP contribution in [0.2, 0.25) is 0 Å². The Morgan fingerprint density at radius 3 is 1.74 bits per heavy atom. The monoisotopic (exact) mass is 331 g/mol. The number of carbonyl (C=O) groups is 4. The number of methoxy groups -OCH3 is 2. The fourth-order valence-electron chi connectivity index (χ4n) is 2.39. The van der Waals surface area contributed by atoms with Crippen LogP contribution in [-0.2, 0) is 28.6 Å². The van der Waals surface area contributed by atoms with Gasteiger partial charge in [-0.15, -0.1) is 0 Å². The Morgan fingerprint density at radius 1 is 1.00 bits per heavy atom. The summed E-state index contributed by atoms with van der Waals surface area (Å²) in [4.78, 5) is 46.6. The summed E-state index contributed by atoms with van der Waals surface area (Å²) in [6.07, 6.45) is -0.955. The normalized spacial score (nSPS) is 24.1. The van der Waals surface area contributed by atoms with Crippen LogP contribution in [0.5, 0.6) is 0 Å². The predicted octanol–water partition coefficient (Wildman–Crippen LogP) is 0.172. The number of carboxylic acid groups (broad SMARTS) is 1. The lowest BCUT2D eigenvalue weighted by molar-refractivity contribution is -0.148. The van der Waals surface area contributed by atoms with Gasteiger partial charge >= 0.3 is 24.0 Å². The van der Waals surface area contributed by atoms with Crippen molar-refractivity contribution >= 4 is 24.0 Å². The van der Waals surface area contributed by atoms with E-state index in [4.69, 9.17) is 4.74 Å². The van der Waals surface area contributed by atoms with Crippen molar-refractivity contribution < 1.29 is 38.5 Å². The zero-order valence-corrected chi connectivity index (χ0v) is 13.6. The van der Waals surface area contributed by atoms with Crippen molar-refractivity contribution in [3.05, 3.63) is 0 Å². The van der Waals surface area contributed by atoms with E-state index in [9.17, 15) is 24.3 Å². The summed E-state index contributed by atoms with van der Waals surface area (Å²) >= 11 is 0. The van der Waals surface area contributed by atoms with E-state index < -0.39 is 53.4 Å². The first kappa shape index (κ1) is 18.7. The SMILES string of the molecule is COC(=O)C1C(C(=O)OC)C1[C@H](NC(=O)OC(C)(C)C)C(=O)O. The summed E-state index contributed by atoms with van der Waals surface area (Å²) in [5, 5.41) is 11.5. The van der Waals surface area contributed by atoms with E-state index >= 15 is 0 Å². The highest BCUT2D eigenvalue weighted by molar-refractivity contribution is 5.92. The maximum atomic E-state index is 11.8. The van der Waals surface area contributed by atoms with Gasteiger partial charge in [-0.05, 0) is 20.8 Å². The fourth-order valence-corrected chi connectivity index (χ4v) is 2.39. The smallest absolute Gasteiger partial charge is 0.408 e. The largest absolute Gasteiger partial charge is 0.480 e. The molecule has 9 heteroatoms. The number of hydrogen-bond acceptors (Lipinski definition) is 7. The van der Waals surface area contributed by atoms with Crippen LogP contribution in [0.25, 0.3) is 0 Å². The molecule has 130 valence electrons. The lowest BCUT2D eigenvalue weighted by Crippen LogP contribution is -2.45. The topological polar surface area (TPSA) is 128 Å². The van der Waals surface area contributed by atoms with Crippen molar-refractivity contribution in [2.24, 2.45) is 17.8 Å². The summed E-state index contributed by atoms with van der Waals surface area (Å²) in [5.74, 6) is -5.78. The highest BCUT2D eigenvalue weighted by Gasteiger charge is 2.65. The molecule has 0 heterocycles. The number of esters is 2. The molecule has 0 spiro atoms. The van der Waals surface area contributed by atoms with Gasteiger partial charge in [0.25, 0.3) is 0 Å². The number of aliphatic carboxylic acids is 1. The second-order valence-electron chi connectivity index (χ2n) is 6.14. The highest BCUT2D eigenvalue weighted by Crippen LogP contribution is 2.50. The van der Waals surface area contributed by atoms with E-state index in [0.29, 0.717) is 0 Å². The van der Waals surface area contributed by atoms with Gasteiger partial charge in [-0.2, -0.15) is 0 Å². The van der Waals surface area contributed by atoms with E-state index in [1.807, 2.05) is 0 Å². The zero-order valence-electron chi connectivity index (χ0n) is 13.6. The summed E-state index contributed by atoms with van der Waals surface area (Å²) in [7, 11) is 2.26. The van der Waals surface area contributed by atoms with Crippen molar-refractivity contribution in [2.45, 2.75) is 32.4 Å². The molecule has 1 aliphatic rings. The minimum atomic E-state index is -1.47. The van der Waals surface area contributed by atoms with Crippen LogP contribution >= 0.6 is 0 Å². The Bertz CT molecular complexity index is 487. The van der Waals surface area contributed by atoms with E-state index in [1.165, 1.54) is 0 Å². The summed E-state index contributed by atoms with van der Waals surface area (Å²) in [6, 6.07) is -1.47. The minimum absolute atomic E-state index is 0.734. The molecule has 0 aromatic heterocycles. The van der Waals surface area contributed by atoms with Crippen molar-refractivity contribution in [3.63, 3.8) is 0 Å². The molecule has 9 nitrogen and oxygen atoms in total. The zero-order chi connectivity index (χ0) is 17.9. The van der Waals surface area contributed by atoms with Crippen molar-refractivity contribution in [1.82, 2.24) is 5.32 Å². The molecule has 1 aliphatic carbocycles. The average molecular weight is 331 g/mol. The molecule has 0 radical (unpaired) electrons. The van der Waals surface area contributed by atoms with Crippen molar-refractivity contribution in [2.75, 3.05) is 14.2 Å². The third kappa shape index (κ3) is 4.57. The van der Waals surface area contributed by atoms with E-state index in [0.717, 1.165) is 14.2 Å². The Labute approximate surface area is 133 Å². The standard InChI is InChI=1S/C14H21NO8/c1-14(2,3)23-13(20)15-9(10(16)17)6-7(11(18)21-4)8(6)12(19)22-5/h6-9H,1-5H3,(H,15,20)(H,16,17)/t6?,7?,8?,9-/m0/s1. The van der Waals surface area contributed by atoms with Gasteiger partial charge in [-0.25, -0.2) is 9.59 Å². The first-order valence-electron chi connectivity index (χ1n) is 6.91. The lowest BCUT2D eigenvalue weighted by Gasteiger charge is -2.22. The molecule has 0 aliphatic heterocycles. The van der Waals surface area contributed by atoms with Gasteiger partial charge in [0.15, 0.2) is 0 Å². The maximum Gasteiger partial charge on any atom is 0.408 e. The van der Waals surface area contributed by atoms with Gasteiger partial charge in [0.1, 0.15) is 11.6 Å². The van der Waals surface area contributed by atoms with Crippen LogP contribution in [0.4, 0.5) is 4.79 Å². The second-order valence-corrected chi connectivity index (χ2v) is 6.14. The first-order chi connectivity index (χ1) is 10.5. The molecule has 3 atom stereocenters. The highest BCUT2D eigenvalue weighted by atomic mass is 16.6. The molecule has 2 unspecified atom stereocenters. The molecular weight excluding hydrogens is 310 g/mol.